The first-order valence-electron chi connectivity index (χ1n) is 10.4. The van der Waals surface area contributed by atoms with E-state index in [1.165, 1.54) is 90.4 Å². The van der Waals surface area contributed by atoms with Crippen LogP contribution in [0.1, 0.15) is 111 Å². The van der Waals surface area contributed by atoms with Crippen molar-refractivity contribution in [2.24, 2.45) is 5.92 Å². The van der Waals surface area contributed by atoms with Crippen LogP contribution in [-0.2, 0) is 0 Å². The SMILES string of the molecule is CC(C)CCCCCCCCCCCCCCCO.CC(O)CO. The second-order valence-corrected chi connectivity index (χ2v) is 7.53. The first-order chi connectivity index (χ1) is 11.5. The summed E-state index contributed by atoms with van der Waals surface area (Å²) in [5.74, 6) is 0.886. The molecule has 1 unspecified atom stereocenters. The first-order valence-corrected chi connectivity index (χ1v) is 10.4. The second kappa shape index (κ2) is 22.9. The number of unbranched alkanes of at least 4 members (excludes halogenated alkanes) is 12. The van der Waals surface area contributed by atoms with Gasteiger partial charge in [-0.05, 0) is 19.3 Å². The van der Waals surface area contributed by atoms with Crippen molar-refractivity contribution in [2.75, 3.05) is 13.2 Å². The molecule has 3 heteroatoms. The van der Waals surface area contributed by atoms with E-state index in [9.17, 15) is 0 Å². The van der Waals surface area contributed by atoms with E-state index in [1.807, 2.05) is 0 Å². The molecule has 0 aliphatic heterocycles. The lowest BCUT2D eigenvalue weighted by atomic mass is 10.0. The van der Waals surface area contributed by atoms with E-state index < -0.39 is 6.10 Å². The van der Waals surface area contributed by atoms with Crippen molar-refractivity contribution in [3.63, 3.8) is 0 Å². The molecule has 0 amide bonds. The molecule has 0 bridgehead atoms. The summed E-state index contributed by atoms with van der Waals surface area (Å²) < 4.78 is 0. The molecular formula is C21H46O3. The van der Waals surface area contributed by atoms with E-state index in [0.29, 0.717) is 6.61 Å². The van der Waals surface area contributed by atoms with Gasteiger partial charge in [0, 0.05) is 6.61 Å². The highest BCUT2D eigenvalue weighted by Crippen LogP contribution is 2.14. The highest BCUT2D eigenvalue weighted by molar-refractivity contribution is 4.50. The molecule has 0 aliphatic carbocycles. The zero-order valence-electron chi connectivity index (χ0n) is 16.8. The van der Waals surface area contributed by atoms with Gasteiger partial charge in [0.15, 0.2) is 0 Å². The number of aliphatic hydroxyl groups excluding tert-OH is 3. The van der Waals surface area contributed by atoms with Gasteiger partial charge in [-0.3, -0.25) is 0 Å². The molecule has 0 radical (unpaired) electrons. The van der Waals surface area contributed by atoms with Gasteiger partial charge in [-0.15, -0.1) is 0 Å². The second-order valence-electron chi connectivity index (χ2n) is 7.53. The van der Waals surface area contributed by atoms with Crippen LogP contribution in [0, 0.1) is 5.92 Å². The fraction of sp³-hybridized carbons (Fsp3) is 1.00. The molecule has 148 valence electrons. The minimum atomic E-state index is -0.560. The largest absolute Gasteiger partial charge is 0.396 e. The maximum atomic E-state index is 8.67. The Morgan fingerprint density at radius 3 is 1.08 bits per heavy atom. The summed E-state index contributed by atoms with van der Waals surface area (Å²) >= 11 is 0. The van der Waals surface area contributed by atoms with Crippen molar-refractivity contribution in [1.82, 2.24) is 0 Å². The van der Waals surface area contributed by atoms with Gasteiger partial charge < -0.3 is 15.3 Å². The Balaban J connectivity index is 0. The lowest BCUT2D eigenvalue weighted by Gasteiger charge is -2.04. The highest BCUT2D eigenvalue weighted by atomic mass is 16.3. The van der Waals surface area contributed by atoms with Crippen molar-refractivity contribution < 1.29 is 15.3 Å². The molecule has 0 heterocycles. The third kappa shape index (κ3) is 29.8. The predicted molar refractivity (Wildman–Crippen MR) is 105 cm³/mol. The first kappa shape index (κ1) is 26.1. The van der Waals surface area contributed by atoms with Crippen LogP contribution in [0.2, 0.25) is 0 Å². The minimum absolute atomic E-state index is 0.139. The van der Waals surface area contributed by atoms with Crippen LogP contribution in [-0.4, -0.2) is 34.6 Å². The molecule has 0 spiro atoms. The van der Waals surface area contributed by atoms with Crippen LogP contribution in [0.3, 0.4) is 0 Å². The van der Waals surface area contributed by atoms with Crippen LogP contribution in [0.5, 0.6) is 0 Å². The fourth-order valence-corrected chi connectivity index (χ4v) is 2.61. The highest BCUT2D eigenvalue weighted by Gasteiger charge is 1.95. The quantitative estimate of drug-likeness (QED) is 0.325. The van der Waals surface area contributed by atoms with Crippen molar-refractivity contribution in [2.45, 2.75) is 117 Å². The maximum absolute atomic E-state index is 8.67. The van der Waals surface area contributed by atoms with Gasteiger partial charge in [0.25, 0.3) is 0 Å². The molecule has 0 saturated heterocycles. The van der Waals surface area contributed by atoms with Crippen LogP contribution in [0.4, 0.5) is 0 Å². The number of hydrogen-bond acceptors (Lipinski definition) is 3. The standard InChI is InChI=1S/C18H38O.C3H8O2/c1-18(2)16-14-12-10-8-6-4-3-5-7-9-11-13-15-17-19;1-3(5)2-4/h18-19H,3-17H2,1-2H3;3-5H,2H2,1H3. The van der Waals surface area contributed by atoms with Crippen LogP contribution in [0.15, 0.2) is 0 Å². The molecule has 0 fully saturated rings. The van der Waals surface area contributed by atoms with Crippen LogP contribution < -0.4 is 0 Å². The molecule has 3 nitrogen and oxygen atoms in total. The van der Waals surface area contributed by atoms with Gasteiger partial charge >= 0.3 is 0 Å². The van der Waals surface area contributed by atoms with Crippen LogP contribution in [0.25, 0.3) is 0 Å². The molecule has 1 atom stereocenters. The van der Waals surface area contributed by atoms with Gasteiger partial charge in [-0.2, -0.15) is 0 Å². The maximum Gasteiger partial charge on any atom is 0.0742 e. The molecule has 0 aromatic rings. The summed E-state index contributed by atoms with van der Waals surface area (Å²) in [5.41, 5.74) is 0. The number of aliphatic hydroxyl groups is 3. The fourth-order valence-electron chi connectivity index (χ4n) is 2.61. The van der Waals surface area contributed by atoms with Gasteiger partial charge in [-0.1, -0.05) is 97.3 Å². The molecule has 3 N–H and O–H groups in total. The number of hydrogen-bond donors (Lipinski definition) is 3. The molecule has 0 aromatic carbocycles. The van der Waals surface area contributed by atoms with Gasteiger partial charge in [0.2, 0.25) is 0 Å². The predicted octanol–water partition coefficient (Wildman–Crippen LogP) is 5.46. The smallest absolute Gasteiger partial charge is 0.0742 e. The Bertz CT molecular complexity index is 205. The zero-order chi connectivity index (χ0) is 18.5. The van der Waals surface area contributed by atoms with E-state index in [2.05, 4.69) is 13.8 Å². The lowest BCUT2D eigenvalue weighted by molar-refractivity contribution is 0.110. The molecule has 0 saturated carbocycles. The summed E-state index contributed by atoms with van der Waals surface area (Å²) in [7, 11) is 0. The lowest BCUT2D eigenvalue weighted by Crippen LogP contribution is -2.03. The Labute approximate surface area is 151 Å². The summed E-state index contributed by atoms with van der Waals surface area (Å²) in [4.78, 5) is 0. The topological polar surface area (TPSA) is 60.7 Å². The Morgan fingerprint density at radius 1 is 0.542 bits per heavy atom. The zero-order valence-corrected chi connectivity index (χ0v) is 16.8. The Morgan fingerprint density at radius 2 is 0.833 bits per heavy atom. The van der Waals surface area contributed by atoms with Crippen molar-refractivity contribution in [3.05, 3.63) is 0 Å². The summed E-state index contributed by atoms with van der Waals surface area (Å²) in [5, 5.41) is 24.7. The van der Waals surface area contributed by atoms with E-state index in [-0.39, 0.29) is 6.61 Å². The van der Waals surface area contributed by atoms with Crippen molar-refractivity contribution >= 4 is 0 Å². The Kier molecular flexibility index (Phi) is 24.9. The summed E-state index contributed by atoms with van der Waals surface area (Å²) in [6.07, 6.45) is 18.7. The van der Waals surface area contributed by atoms with Crippen LogP contribution >= 0.6 is 0 Å². The average molecular weight is 347 g/mol. The van der Waals surface area contributed by atoms with E-state index in [1.54, 1.807) is 0 Å². The van der Waals surface area contributed by atoms with E-state index in [0.717, 1.165) is 12.3 Å². The van der Waals surface area contributed by atoms with Gasteiger partial charge in [-0.25, -0.2) is 0 Å². The minimum Gasteiger partial charge on any atom is -0.396 e. The monoisotopic (exact) mass is 346 g/mol. The normalized spacial score (nSPS) is 12.1. The molecule has 0 aromatic heterocycles. The molecular weight excluding hydrogens is 300 g/mol. The van der Waals surface area contributed by atoms with Gasteiger partial charge in [0.05, 0.1) is 12.7 Å². The average Bonchev–Trinajstić information content (AvgIpc) is 2.55. The number of rotatable bonds is 16. The molecule has 24 heavy (non-hydrogen) atoms. The van der Waals surface area contributed by atoms with Crippen molar-refractivity contribution in [3.8, 4) is 0 Å². The molecule has 0 rings (SSSR count). The summed E-state index contributed by atoms with van der Waals surface area (Å²) in [6.45, 7) is 6.41. The molecule has 0 aliphatic rings. The Hall–Kier alpha value is -0.120. The van der Waals surface area contributed by atoms with E-state index >= 15 is 0 Å². The summed E-state index contributed by atoms with van der Waals surface area (Å²) in [6, 6.07) is 0. The van der Waals surface area contributed by atoms with Crippen molar-refractivity contribution in [1.29, 1.82) is 0 Å². The van der Waals surface area contributed by atoms with Gasteiger partial charge in [0.1, 0.15) is 0 Å². The van der Waals surface area contributed by atoms with E-state index in [4.69, 9.17) is 15.3 Å². The third-order valence-electron chi connectivity index (χ3n) is 4.20. The third-order valence-corrected chi connectivity index (χ3v) is 4.20.